The fourth-order valence-electron chi connectivity index (χ4n) is 4.46. The predicted molar refractivity (Wildman–Crippen MR) is 145 cm³/mol. The molecule has 0 spiro atoms. The number of aryl methyl sites for hydroxylation is 2. The lowest BCUT2D eigenvalue weighted by Crippen LogP contribution is -2.46. The van der Waals surface area contributed by atoms with E-state index in [1.807, 2.05) is 11.8 Å². The predicted octanol–water partition coefficient (Wildman–Crippen LogP) is 6.87. The highest BCUT2D eigenvalue weighted by atomic mass is 32.1. The zero-order valence-corrected chi connectivity index (χ0v) is 21.3. The first-order valence-electron chi connectivity index (χ1n) is 12.1. The van der Waals surface area contributed by atoms with Crippen molar-refractivity contribution in [1.29, 1.82) is 0 Å². The van der Waals surface area contributed by atoms with Gasteiger partial charge in [-0.15, -0.1) is 0 Å². The van der Waals surface area contributed by atoms with Crippen LogP contribution < -0.4 is 10.2 Å². The molecule has 182 valence electrons. The standard InChI is InChI=1S/C29H27FN4OS/c1-4-19-6-10-21(11-7-19)26-25(28-32-27(33-35-28)22-12-14-23(30)15-13-22)18(3)34(29(36)31-26)24-16-8-20(5-2)9-17-24/h6-17,26H,4-5H2,1-3H3,(H,31,36). The number of hydrogen-bond acceptors (Lipinski definition) is 4. The van der Waals surface area contributed by atoms with Crippen molar-refractivity contribution in [3.05, 3.63) is 107 Å². The maximum absolute atomic E-state index is 13.4. The topological polar surface area (TPSA) is 54.2 Å². The Kier molecular flexibility index (Phi) is 6.65. The quantitative estimate of drug-likeness (QED) is 0.293. The Hall–Kier alpha value is -3.84. The highest BCUT2D eigenvalue weighted by molar-refractivity contribution is 7.80. The van der Waals surface area contributed by atoms with E-state index in [2.05, 4.69) is 72.9 Å². The zero-order valence-electron chi connectivity index (χ0n) is 20.5. The maximum Gasteiger partial charge on any atom is 0.258 e. The van der Waals surface area contributed by atoms with E-state index in [1.54, 1.807) is 12.1 Å². The van der Waals surface area contributed by atoms with Crippen molar-refractivity contribution in [1.82, 2.24) is 15.5 Å². The van der Waals surface area contributed by atoms with Gasteiger partial charge in [0.05, 0.1) is 11.6 Å². The first kappa shape index (κ1) is 23.9. The van der Waals surface area contributed by atoms with Gasteiger partial charge in [-0.3, -0.25) is 4.90 Å². The molecule has 0 amide bonds. The number of allylic oxidation sites excluding steroid dienone is 1. The van der Waals surface area contributed by atoms with E-state index in [9.17, 15) is 4.39 Å². The van der Waals surface area contributed by atoms with E-state index < -0.39 is 0 Å². The summed E-state index contributed by atoms with van der Waals surface area (Å²) in [5.41, 5.74) is 6.94. The minimum Gasteiger partial charge on any atom is -0.351 e. The van der Waals surface area contributed by atoms with Crippen molar-refractivity contribution in [2.24, 2.45) is 0 Å². The molecule has 1 N–H and O–H groups in total. The van der Waals surface area contributed by atoms with Crippen LogP contribution in [-0.4, -0.2) is 15.3 Å². The van der Waals surface area contributed by atoms with E-state index in [1.165, 1.54) is 23.3 Å². The van der Waals surface area contributed by atoms with Gasteiger partial charge in [-0.25, -0.2) is 4.39 Å². The average Bonchev–Trinajstić information content (AvgIpc) is 3.39. The molecule has 0 aliphatic carbocycles. The molecular formula is C29H27FN4OS. The number of halogens is 1. The van der Waals surface area contributed by atoms with E-state index >= 15 is 0 Å². The van der Waals surface area contributed by atoms with Gasteiger partial charge >= 0.3 is 0 Å². The van der Waals surface area contributed by atoms with Gasteiger partial charge in [0, 0.05) is 16.9 Å². The molecule has 1 aliphatic heterocycles. The van der Waals surface area contributed by atoms with Crippen molar-refractivity contribution in [3.63, 3.8) is 0 Å². The van der Waals surface area contributed by atoms with E-state index in [4.69, 9.17) is 21.7 Å². The van der Waals surface area contributed by atoms with Crippen molar-refractivity contribution in [3.8, 4) is 11.4 Å². The molecule has 36 heavy (non-hydrogen) atoms. The van der Waals surface area contributed by atoms with Crippen molar-refractivity contribution >= 4 is 28.6 Å². The molecule has 5 nitrogen and oxygen atoms in total. The minimum absolute atomic E-state index is 0.268. The zero-order chi connectivity index (χ0) is 25.2. The summed E-state index contributed by atoms with van der Waals surface area (Å²) in [6, 6.07) is 22.6. The molecule has 4 aromatic rings. The maximum atomic E-state index is 13.4. The van der Waals surface area contributed by atoms with Gasteiger partial charge in [0.15, 0.2) is 5.11 Å². The Morgan fingerprint density at radius 3 is 2.14 bits per heavy atom. The van der Waals surface area contributed by atoms with Gasteiger partial charge < -0.3 is 9.84 Å². The van der Waals surface area contributed by atoms with Crippen LogP contribution in [0.4, 0.5) is 10.1 Å². The summed E-state index contributed by atoms with van der Waals surface area (Å²) in [5.74, 6) is 0.477. The molecule has 1 atom stereocenters. The third-order valence-corrected chi connectivity index (χ3v) is 6.87. The normalized spacial score (nSPS) is 15.8. The summed E-state index contributed by atoms with van der Waals surface area (Å²) in [6.07, 6.45) is 1.93. The third kappa shape index (κ3) is 4.54. The summed E-state index contributed by atoms with van der Waals surface area (Å²) in [4.78, 5) is 6.71. The molecule has 0 fully saturated rings. The SMILES string of the molecule is CCc1ccc(C2NC(=S)N(c3ccc(CC)cc3)C(C)=C2c2nc(-c3ccc(F)cc3)no2)cc1. The van der Waals surface area contributed by atoms with Crippen LogP contribution in [0.1, 0.15) is 49.4 Å². The van der Waals surface area contributed by atoms with Crippen LogP contribution in [0.2, 0.25) is 0 Å². The molecule has 5 rings (SSSR count). The summed E-state index contributed by atoms with van der Waals surface area (Å²) in [6.45, 7) is 6.29. The van der Waals surface area contributed by atoms with Crippen molar-refractivity contribution in [2.75, 3.05) is 4.90 Å². The molecule has 0 saturated carbocycles. The first-order valence-corrected chi connectivity index (χ1v) is 12.5. The van der Waals surface area contributed by atoms with Gasteiger partial charge in [0.1, 0.15) is 5.82 Å². The molecule has 1 unspecified atom stereocenters. The third-order valence-electron chi connectivity index (χ3n) is 6.57. The van der Waals surface area contributed by atoms with Crippen molar-refractivity contribution in [2.45, 2.75) is 39.7 Å². The number of nitrogens with zero attached hydrogens (tertiary/aromatic N) is 3. The van der Waals surface area contributed by atoms with Crippen LogP contribution in [-0.2, 0) is 12.8 Å². The Morgan fingerprint density at radius 1 is 0.917 bits per heavy atom. The van der Waals surface area contributed by atoms with Crippen LogP contribution in [0.15, 0.2) is 83.0 Å². The van der Waals surface area contributed by atoms with Gasteiger partial charge in [-0.2, -0.15) is 4.98 Å². The van der Waals surface area contributed by atoms with Gasteiger partial charge in [0.25, 0.3) is 5.89 Å². The molecule has 3 aromatic carbocycles. The first-order chi connectivity index (χ1) is 17.5. The number of aromatic nitrogens is 2. The minimum atomic E-state index is -0.314. The number of benzene rings is 3. The smallest absolute Gasteiger partial charge is 0.258 e. The Bertz CT molecular complexity index is 1410. The lowest BCUT2D eigenvalue weighted by Gasteiger charge is -2.37. The van der Waals surface area contributed by atoms with Crippen LogP contribution >= 0.6 is 12.2 Å². The average molecular weight is 499 g/mol. The molecule has 0 radical (unpaired) electrons. The Balaban J connectivity index is 1.62. The molecule has 1 aliphatic rings. The van der Waals surface area contributed by atoms with E-state index in [-0.39, 0.29) is 11.9 Å². The Morgan fingerprint density at radius 2 is 1.53 bits per heavy atom. The van der Waals surface area contributed by atoms with Gasteiger partial charge in [0.2, 0.25) is 5.82 Å². The summed E-state index contributed by atoms with van der Waals surface area (Å²) < 4.78 is 19.2. The number of rotatable bonds is 6. The lowest BCUT2D eigenvalue weighted by atomic mass is 9.93. The molecular weight excluding hydrogens is 471 g/mol. The lowest BCUT2D eigenvalue weighted by molar-refractivity contribution is 0.404. The number of nitrogens with one attached hydrogen (secondary N) is 1. The fourth-order valence-corrected chi connectivity index (χ4v) is 4.82. The second-order valence-corrected chi connectivity index (χ2v) is 9.15. The number of anilines is 1. The van der Waals surface area contributed by atoms with Gasteiger partial charge in [-0.05, 0) is 85.1 Å². The Labute approximate surface area is 215 Å². The van der Waals surface area contributed by atoms with Crippen LogP contribution in [0.3, 0.4) is 0 Å². The number of thiocarbonyl (C=S) groups is 1. The second kappa shape index (κ2) is 10.0. The highest BCUT2D eigenvalue weighted by Gasteiger charge is 2.34. The van der Waals surface area contributed by atoms with Crippen LogP contribution in [0.5, 0.6) is 0 Å². The van der Waals surface area contributed by atoms with Crippen molar-refractivity contribution < 1.29 is 8.91 Å². The van der Waals surface area contributed by atoms with Crippen LogP contribution in [0.25, 0.3) is 17.0 Å². The van der Waals surface area contributed by atoms with Gasteiger partial charge in [-0.1, -0.05) is 55.4 Å². The molecule has 2 heterocycles. The molecule has 0 bridgehead atoms. The van der Waals surface area contributed by atoms with E-state index in [0.29, 0.717) is 22.4 Å². The highest BCUT2D eigenvalue weighted by Crippen LogP contribution is 2.39. The summed E-state index contributed by atoms with van der Waals surface area (Å²) in [7, 11) is 0. The largest absolute Gasteiger partial charge is 0.351 e. The molecule has 1 aromatic heterocycles. The summed E-state index contributed by atoms with van der Waals surface area (Å²) in [5, 5.41) is 8.30. The summed E-state index contributed by atoms with van der Waals surface area (Å²) >= 11 is 5.85. The monoisotopic (exact) mass is 498 g/mol. The van der Waals surface area contributed by atoms with Crippen LogP contribution in [0, 0.1) is 5.82 Å². The molecule has 0 saturated heterocycles. The van der Waals surface area contributed by atoms with E-state index in [0.717, 1.165) is 35.4 Å². The second-order valence-electron chi connectivity index (χ2n) is 8.76. The molecule has 7 heteroatoms. The number of hydrogen-bond donors (Lipinski definition) is 1. The fraction of sp³-hybridized carbons (Fsp3) is 0.207.